The minimum atomic E-state index is 0.803. The van der Waals surface area contributed by atoms with Gasteiger partial charge in [-0.05, 0) is 29.8 Å². The molecule has 2 aromatic heterocycles. The summed E-state index contributed by atoms with van der Waals surface area (Å²) < 4.78 is 2.21. The van der Waals surface area contributed by atoms with Gasteiger partial charge in [0.25, 0.3) is 0 Å². The van der Waals surface area contributed by atoms with Crippen molar-refractivity contribution in [3.05, 3.63) is 90.5 Å². The minimum absolute atomic E-state index is 0.803. The van der Waals surface area contributed by atoms with Crippen LogP contribution in [0.15, 0.2) is 79.1 Å². The molecular weight excluding hydrogens is 270 g/mol. The number of pyridine rings is 1. The number of nitrogens with zero attached hydrogens (tertiary/aromatic N) is 3. The molecule has 22 heavy (non-hydrogen) atoms. The predicted molar refractivity (Wildman–Crippen MR) is 88.1 cm³/mol. The molecule has 0 radical (unpaired) electrons. The average molecular weight is 285 g/mol. The Bertz CT molecular complexity index is 896. The van der Waals surface area contributed by atoms with Gasteiger partial charge >= 0.3 is 0 Å². The van der Waals surface area contributed by atoms with Crippen LogP contribution < -0.4 is 0 Å². The molecule has 0 saturated carbocycles. The summed E-state index contributed by atoms with van der Waals surface area (Å²) in [7, 11) is 0. The van der Waals surface area contributed by atoms with Crippen molar-refractivity contribution in [1.82, 2.24) is 14.5 Å². The zero-order valence-corrected chi connectivity index (χ0v) is 12.1. The summed E-state index contributed by atoms with van der Waals surface area (Å²) in [5, 5.41) is 0. The Labute approximate surface area is 128 Å². The van der Waals surface area contributed by atoms with Crippen LogP contribution in [0.5, 0.6) is 0 Å². The molecule has 2 aromatic carbocycles. The molecule has 0 saturated heterocycles. The number of aromatic nitrogens is 3. The summed E-state index contributed by atoms with van der Waals surface area (Å²) in [6, 6.07) is 22.7. The van der Waals surface area contributed by atoms with Crippen LogP contribution >= 0.6 is 0 Å². The first kappa shape index (κ1) is 12.8. The van der Waals surface area contributed by atoms with E-state index in [1.807, 2.05) is 42.7 Å². The molecule has 3 nitrogen and oxygen atoms in total. The van der Waals surface area contributed by atoms with Crippen LogP contribution in [-0.4, -0.2) is 14.5 Å². The van der Waals surface area contributed by atoms with Gasteiger partial charge in [0.05, 0.1) is 16.7 Å². The lowest BCUT2D eigenvalue weighted by atomic mass is 10.1. The zero-order valence-electron chi connectivity index (χ0n) is 12.1. The maximum atomic E-state index is 4.83. The molecule has 0 bridgehead atoms. The van der Waals surface area contributed by atoms with Gasteiger partial charge in [0.2, 0.25) is 0 Å². The van der Waals surface area contributed by atoms with E-state index in [0.29, 0.717) is 0 Å². The smallest absolute Gasteiger partial charge is 0.118 e. The van der Waals surface area contributed by atoms with Crippen molar-refractivity contribution >= 4 is 11.0 Å². The largest absolute Gasteiger partial charge is 0.296 e. The lowest BCUT2D eigenvalue weighted by molar-refractivity contribution is 0.930. The van der Waals surface area contributed by atoms with Crippen molar-refractivity contribution < 1.29 is 0 Å². The van der Waals surface area contributed by atoms with Crippen molar-refractivity contribution in [3.8, 4) is 5.69 Å². The summed E-state index contributed by atoms with van der Waals surface area (Å²) in [4.78, 5) is 8.94. The van der Waals surface area contributed by atoms with Gasteiger partial charge in [0.1, 0.15) is 5.82 Å². The van der Waals surface area contributed by atoms with E-state index in [0.717, 1.165) is 29.0 Å². The Balaban J connectivity index is 1.90. The second-order valence-electron chi connectivity index (χ2n) is 5.22. The number of hydrogen-bond acceptors (Lipinski definition) is 2. The molecule has 3 heteroatoms. The van der Waals surface area contributed by atoms with Crippen LogP contribution in [0, 0.1) is 0 Å². The second-order valence-corrected chi connectivity index (χ2v) is 5.22. The number of hydrogen-bond donors (Lipinski definition) is 0. The Morgan fingerprint density at radius 3 is 2.32 bits per heavy atom. The highest BCUT2D eigenvalue weighted by Crippen LogP contribution is 2.22. The number of rotatable bonds is 3. The highest BCUT2D eigenvalue weighted by molar-refractivity contribution is 5.78. The summed E-state index contributed by atoms with van der Waals surface area (Å²) in [5.74, 6) is 1.04. The van der Waals surface area contributed by atoms with Crippen molar-refractivity contribution in [1.29, 1.82) is 0 Å². The zero-order chi connectivity index (χ0) is 14.8. The van der Waals surface area contributed by atoms with E-state index in [-0.39, 0.29) is 0 Å². The van der Waals surface area contributed by atoms with E-state index in [9.17, 15) is 0 Å². The fraction of sp³-hybridized carbons (Fsp3) is 0.0526. The molecule has 0 aliphatic carbocycles. The normalized spacial score (nSPS) is 10.9. The summed E-state index contributed by atoms with van der Waals surface area (Å²) >= 11 is 0. The van der Waals surface area contributed by atoms with E-state index < -0.39 is 0 Å². The van der Waals surface area contributed by atoms with Crippen LogP contribution in [0.3, 0.4) is 0 Å². The highest BCUT2D eigenvalue weighted by atomic mass is 15.1. The van der Waals surface area contributed by atoms with Gasteiger partial charge in [0, 0.05) is 18.8 Å². The summed E-state index contributed by atoms with van der Waals surface area (Å²) in [6.07, 6.45) is 4.44. The first-order valence-electron chi connectivity index (χ1n) is 7.32. The van der Waals surface area contributed by atoms with E-state index in [2.05, 4.69) is 45.9 Å². The minimum Gasteiger partial charge on any atom is -0.296 e. The molecule has 2 heterocycles. The van der Waals surface area contributed by atoms with Crippen molar-refractivity contribution in [2.24, 2.45) is 0 Å². The summed E-state index contributed by atoms with van der Waals surface area (Å²) in [6.45, 7) is 0. The third kappa shape index (κ3) is 2.27. The lowest BCUT2D eigenvalue weighted by Gasteiger charge is -2.09. The van der Waals surface area contributed by atoms with Crippen LogP contribution in [0.1, 0.15) is 11.4 Å². The second kappa shape index (κ2) is 5.45. The van der Waals surface area contributed by atoms with Crippen LogP contribution in [0.4, 0.5) is 0 Å². The van der Waals surface area contributed by atoms with Gasteiger partial charge in [-0.15, -0.1) is 0 Å². The first-order chi connectivity index (χ1) is 10.9. The van der Waals surface area contributed by atoms with Crippen molar-refractivity contribution in [2.45, 2.75) is 6.42 Å². The molecule has 4 rings (SSSR count). The molecular formula is C19H15N3. The summed E-state index contributed by atoms with van der Waals surface area (Å²) in [5.41, 5.74) is 4.49. The molecule has 0 spiro atoms. The van der Waals surface area contributed by atoms with Gasteiger partial charge in [-0.1, -0.05) is 42.5 Å². The average Bonchev–Trinajstić information content (AvgIpc) is 2.94. The SMILES string of the molecule is c1ccc(Cc2nc3ccccc3n2-c2ccncc2)cc1. The maximum absolute atomic E-state index is 4.83. The molecule has 106 valence electrons. The fourth-order valence-corrected chi connectivity index (χ4v) is 2.75. The number of imidazole rings is 1. The van der Waals surface area contributed by atoms with Gasteiger partial charge in [0.15, 0.2) is 0 Å². The topological polar surface area (TPSA) is 30.7 Å². The lowest BCUT2D eigenvalue weighted by Crippen LogP contribution is -2.02. The molecule has 0 unspecified atom stereocenters. The van der Waals surface area contributed by atoms with Crippen molar-refractivity contribution in [2.75, 3.05) is 0 Å². The molecule has 0 amide bonds. The van der Waals surface area contributed by atoms with Gasteiger partial charge < -0.3 is 0 Å². The Kier molecular flexibility index (Phi) is 3.16. The maximum Gasteiger partial charge on any atom is 0.118 e. The van der Waals surface area contributed by atoms with Gasteiger partial charge in [-0.3, -0.25) is 9.55 Å². The third-order valence-electron chi connectivity index (χ3n) is 3.76. The molecule has 0 aliphatic rings. The number of fused-ring (bicyclic) bond motifs is 1. The molecule has 4 aromatic rings. The Morgan fingerprint density at radius 2 is 1.50 bits per heavy atom. The Morgan fingerprint density at radius 1 is 0.773 bits per heavy atom. The van der Waals surface area contributed by atoms with E-state index in [1.54, 1.807) is 0 Å². The third-order valence-corrected chi connectivity index (χ3v) is 3.76. The Hall–Kier alpha value is -2.94. The first-order valence-corrected chi connectivity index (χ1v) is 7.32. The standard InChI is InChI=1S/C19H15N3/c1-2-6-15(7-3-1)14-19-21-17-8-4-5-9-18(17)22(19)16-10-12-20-13-11-16/h1-13H,14H2. The van der Waals surface area contributed by atoms with E-state index in [1.165, 1.54) is 5.56 Å². The van der Waals surface area contributed by atoms with Crippen LogP contribution in [-0.2, 0) is 6.42 Å². The molecule has 0 fully saturated rings. The number of para-hydroxylation sites is 2. The number of benzene rings is 2. The monoisotopic (exact) mass is 285 g/mol. The van der Waals surface area contributed by atoms with Gasteiger partial charge in [-0.25, -0.2) is 4.98 Å². The van der Waals surface area contributed by atoms with Crippen LogP contribution in [0.25, 0.3) is 16.7 Å². The predicted octanol–water partition coefficient (Wildman–Crippen LogP) is 4.01. The molecule has 0 atom stereocenters. The fourth-order valence-electron chi connectivity index (χ4n) is 2.75. The van der Waals surface area contributed by atoms with Crippen molar-refractivity contribution in [3.63, 3.8) is 0 Å². The van der Waals surface area contributed by atoms with Gasteiger partial charge in [-0.2, -0.15) is 0 Å². The molecule has 0 aliphatic heterocycles. The van der Waals surface area contributed by atoms with E-state index in [4.69, 9.17) is 4.98 Å². The van der Waals surface area contributed by atoms with E-state index >= 15 is 0 Å². The quantitative estimate of drug-likeness (QED) is 0.569. The molecule has 0 N–H and O–H groups in total. The highest BCUT2D eigenvalue weighted by Gasteiger charge is 2.12. The van der Waals surface area contributed by atoms with Crippen LogP contribution in [0.2, 0.25) is 0 Å².